The van der Waals surface area contributed by atoms with Gasteiger partial charge in [0, 0.05) is 18.6 Å². The van der Waals surface area contributed by atoms with Gasteiger partial charge in [0.05, 0.1) is 11.2 Å². The summed E-state index contributed by atoms with van der Waals surface area (Å²) >= 11 is 5.94. The molecule has 0 aliphatic heterocycles. The van der Waals surface area contributed by atoms with E-state index in [0.29, 0.717) is 5.82 Å². The number of hydrogen-bond donors (Lipinski definition) is 2. The Morgan fingerprint density at radius 2 is 2.26 bits per heavy atom. The van der Waals surface area contributed by atoms with E-state index in [0.717, 1.165) is 25.7 Å². The number of hydrogen-bond acceptors (Lipinski definition) is 4. The molecule has 2 atom stereocenters. The number of halogens is 1. The maximum Gasteiger partial charge on any atom is 0.271 e. The van der Waals surface area contributed by atoms with Gasteiger partial charge in [0.2, 0.25) is 0 Å². The van der Waals surface area contributed by atoms with Crippen LogP contribution < -0.4 is 5.32 Å². The van der Waals surface area contributed by atoms with Gasteiger partial charge in [-0.15, -0.1) is 0 Å². The molecule has 0 aromatic carbocycles. The second-order valence-electron chi connectivity index (χ2n) is 4.92. The van der Waals surface area contributed by atoms with Crippen molar-refractivity contribution in [2.45, 2.75) is 38.6 Å². The average molecular weight is 284 g/mol. The Labute approximate surface area is 117 Å². The molecule has 5 nitrogen and oxygen atoms in total. The van der Waals surface area contributed by atoms with E-state index in [9.17, 15) is 9.90 Å². The van der Waals surface area contributed by atoms with Gasteiger partial charge in [-0.05, 0) is 19.8 Å². The maximum atomic E-state index is 12.2. The minimum Gasteiger partial charge on any atom is -0.396 e. The zero-order chi connectivity index (χ0) is 13.8. The smallest absolute Gasteiger partial charge is 0.271 e. The molecule has 1 saturated carbocycles. The third kappa shape index (κ3) is 3.42. The van der Waals surface area contributed by atoms with Crippen molar-refractivity contribution in [2.75, 3.05) is 6.61 Å². The molecule has 0 bridgehead atoms. The zero-order valence-electron chi connectivity index (χ0n) is 10.9. The van der Waals surface area contributed by atoms with Gasteiger partial charge in [-0.3, -0.25) is 4.79 Å². The number of amides is 1. The fourth-order valence-electron chi connectivity index (χ4n) is 2.47. The van der Waals surface area contributed by atoms with Crippen molar-refractivity contribution >= 4 is 17.5 Å². The van der Waals surface area contributed by atoms with Crippen molar-refractivity contribution in [3.05, 3.63) is 22.7 Å². The monoisotopic (exact) mass is 283 g/mol. The van der Waals surface area contributed by atoms with Crippen molar-refractivity contribution in [1.29, 1.82) is 0 Å². The summed E-state index contributed by atoms with van der Waals surface area (Å²) in [5.74, 6) is 0.345. The molecule has 0 radical (unpaired) electrons. The summed E-state index contributed by atoms with van der Waals surface area (Å²) in [5.41, 5.74) is 0.205. The third-order valence-corrected chi connectivity index (χ3v) is 3.82. The summed E-state index contributed by atoms with van der Waals surface area (Å²) in [6.45, 7) is 1.81. The van der Waals surface area contributed by atoms with Crippen molar-refractivity contribution in [1.82, 2.24) is 15.3 Å². The Morgan fingerprint density at radius 1 is 1.53 bits per heavy atom. The van der Waals surface area contributed by atoms with E-state index in [2.05, 4.69) is 15.3 Å². The van der Waals surface area contributed by atoms with E-state index in [1.165, 1.54) is 6.20 Å². The lowest BCUT2D eigenvalue weighted by Crippen LogP contribution is -2.43. The first kappa shape index (κ1) is 14.2. The van der Waals surface area contributed by atoms with Gasteiger partial charge < -0.3 is 10.4 Å². The van der Waals surface area contributed by atoms with Gasteiger partial charge in [0.1, 0.15) is 11.5 Å². The van der Waals surface area contributed by atoms with Crippen LogP contribution in [-0.4, -0.2) is 33.6 Å². The highest BCUT2D eigenvalue weighted by atomic mass is 35.5. The van der Waals surface area contributed by atoms with E-state index >= 15 is 0 Å². The van der Waals surface area contributed by atoms with Crippen LogP contribution in [0, 0.1) is 12.8 Å². The molecule has 2 unspecified atom stereocenters. The summed E-state index contributed by atoms with van der Waals surface area (Å²) < 4.78 is 0. The molecular weight excluding hydrogens is 266 g/mol. The number of aliphatic hydroxyl groups excluding tert-OH is 1. The van der Waals surface area contributed by atoms with Gasteiger partial charge in [-0.1, -0.05) is 24.4 Å². The quantitative estimate of drug-likeness (QED) is 0.886. The topological polar surface area (TPSA) is 75.1 Å². The maximum absolute atomic E-state index is 12.2. The summed E-state index contributed by atoms with van der Waals surface area (Å²) in [5, 5.41) is 12.5. The number of carbonyl (C=O) groups is 1. The highest BCUT2D eigenvalue weighted by Crippen LogP contribution is 2.24. The number of carbonyl (C=O) groups excluding carboxylic acids is 1. The Balaban J connectivity index is 2.09. The van der Waals surface area contributed by atoms with Crippen molar-refractivity contribution in [3.8, 4) is 0 Å². The number of aromatic nitrogens is 2. The molecule has 1 aromatic heterocycles. The molecule has 2 N–H and O–H groups in total. The molecule has 0 spiro atoms. The summed E-state index contributed by atoms with van der Waals surface area (Å²) in [6.07, 6.45) is 5.43. The molecule has 1 heterocycles. The molecule has 1 aromatic rings. The third-order valence-electron chi connectivity index (χ3n) is 3.54. The van der Waals surface area contributed by atoms with Gasteiger partial charge in [-0.2, -0.15) is 0 Å². The molecule has 2 rings (SSSR count). The van der Waals surface area contributed by atoms with Crippen molar-refractivity contribution < 1.29 is 9.90 Å². The van der Waals surface area contributed by atoms with Crippen LogP contribution in [0.2, 0.25) is 5.02 Å². The van der Waals surface area contributed by atoms with Crippen LogP contribution in [0.3, 0.4) is 0 Å². The first-order valence-corrected chi connectivity index (χ1v) is 6.90. The fourth-order valence-corrected chi connectivity index (χ4v) is 2.64. The largest absolute Gasteiger partial charge is 0.396 e. The van der Waals surface area contributed by atoms with E-state index in [1.807, 2.05) is 0 Å². The fraction of sp³-hybridized carbons (Fsp3) is 0.615. The zero-order valence-corrected chi connectivity index (χ0v) is 11.7. The van der Waals surface area contributed by atoms with Crippen molar-refractivity contribution in [3.63, 3.8) is 0 Å². The van der Waals surface area contributed by atoms with Crippen LogP contribution in [0.25, 0.3) is 0 Å². The summed E-state index contributed by atoms with van der Waals surface area (Å²) in [6, 6.07) is -0.00223. The Bertz CT molecular complexity index is 467. The number of nitrogens with zero attached hydrogens (tertiary/aromatic N) is 2. The molecule has 6 heteroatoms. The minimum absolute atomic E-state index is 0.00223. The van der Waals surface area contributed by atoms with E-state index in [1.54, 1.807) is 6.92 Å². The Morgan fingerprint density at radius 3 is 3.00 bits per heavy atom. The van der Waals surface area contributed by atoms with E-state index in [-0.39, 0.29) is 35.2 Å². The molecular formula is C13H18ClN3O2. The van der Waals surface area contributed by atoms with Gasteiger partial charge in [0.25, 0.3) is 5.91 Å². The number of nitrogens with one attached hydrogen (secondary N) is 1. The standard InChI is InChI=1S/C13H18ClN3O2/c1-8-15-6-10(14)12(16-8)13(19)17-11-5-3-2-4-9(11)7-18/h6,9,11,18H,2-5,7H2,1H3,(H,17,19). The number of aliphatic hydroxyl groups is 1. The van der Waals surface area contributed by atoms with E-state index in [4.69, 9.17) is 11.6 Å². The van der Waals surface area contributed by atoms with Crippen LogP contribution in [0.4, 0.5) is 0 Å². The minimum atomic E-state index is -0.291. The molecule has 0 saturated heterocycles. The van der Waals surface area contributed by atoms with Crippen LogP contribution >= 0.6 is 11.6 Å². The summed E-state index contributed by atoms with van der Waals surface area (Å²) in [4.78, 5) is 20.2. The van der Waals surface area contributed by atoms with Crippen LogP contribution in [0.15, 0.2) is 6.20 Å². The molecule has 1 aliphatic rings. The highest BCUT2D eigenvalue weighted by molar-refractivity contribution is 6.33. The summed E-state index contributed by atoms with van der Waals surface area (Å²) in [7, 11) is 0. The highest BCUT2D eigenvalue weighted by Gasteiger charge is 2.27. The SMILES string of the molecule is Cc1ncc(Cl)c(C(=O)NC2CCCCC2CO)n1. The number of rotatable bonds is 3. The van der Waals surface area contributed by atoms with Crippen LogP contribution in [-0.2, 0) is 0 Å². The van der Waals surface area contributed by atoms with Crippen LogP contribution in [0.1, 0.15) is 42.0 Å². The number of aryl methyl sites for hydroxylation is 1. The Kier molecular flexibility index (Phi) is 4.71. The van der Waals surface area contributed by atoms with Gasteiger partial charge >= 0.3 is 0 Å². The van der Waals surface area contributed by atoms with Crippen LogP contribution in [0.5, 0.6) is 0 Å². The lowest BCUT2D eigenvalue weighted by Gasteiger charge is -2.30. The molecule has 1 amide bonds. The molecule has 104 valence electrons. The second kappa shape index (κ2) is 6.30. The lowest BCUT2D eigenvalue weighted by molar-refractivity contribution is 0.0867. The average Bonchev–Trinajstić information content (AvgIpc) is 2.42. The molecule has 19 heavy (non-hydrogen) atoms. The predicted molar refractivity (Wildman–Crippen MR) is 72.1 cm³/mol. The van der Waals surface area contributed by atoms with Crippen molar-refractivity contribution in [2.24, 2.45) is 5.92 Å². The van der Waals surface area contributed by atoms with Gasteiger partial charge in [0.15, 0.2) is 0 Å². The first-order chi connectivity index (χ1) is 9.11. The lowest BCUT2D eigenvalue weighted by atomic mass is 9.85. The molecule has 1 fully saturated rings. The van der Waals surface area contributed by atoms with E-state index < -0.39 is 0 Å². The predicted octanol–water partition coefficient (Wildman–Crippen LogP) is 1.72. The Hall–Kier alpha value is -1.20. The molecule has 1 aliphatic carbocycles. The first-order valence-electron chi connectivity index (χ1n) is 6.52. The second-order valence-corrected chi connectivity index (χ2v) is 5.33. The normalized spacial score (nSPS) is 23.1. The van der Waals surface area contributed by atoms with Gasteiger partial charge in [-0.25, -0.2) is 9.97 Å².